The van der Waals surface area contributed by atoms with Crippen LogP contribution in [0.15, 0.2) is 0 Å². The average Bonchev–Trinajstić information content (AvgIpc) is 3.56. The Kier molecular flexibility index (Phi) is 11.0. The fraction of sp³-hybridized carbons (Fsp3) is 0.892. The third-order valence-corrected chi connectivity index (χ3v) is 11.6. The van der Waals surface area contributed by atoms with Gasteiger partial charge in [0, 0.05) is 19.3 Å². The predicted octanol–water partition coefficient (Wildman–Crippen LogP) is 4.81. The van der Waals surface area contributed by atoms with Gasteiger partial charge in [-0.25, -0.2) is 4.79 Å². The number of ether oxygens (including phenoxy) is 6. The van der Waals surface area contributed by atoms with Crippen molar-refractivity contribution < 1.29 is 62.9 Å². The maximum Gasteiger partial charge on any atom is 0.350 e. The zero-order chi connectivity index (χ0) is 37.9. The lowest BCUT2D eigenvalue weighted by Gasteiger charge is -2.62. The molecule has 0 aromatic carbocycles. The van der Waals surface area contributed by atoms with Crippen molar-refractivity contribution in [2.45, 2.75) is 187 Å². The van der Waals surface area contributed by atoms with Crippen LogP contribution < -0.4 is 0 Å². The molecule has 3 aliphatic heterocycles. The van der Waals surface area contributed by atoms with Gasteiger partial charge in [0.15, 0.2) is 24.3 Å². The third-order valence-electron chi connectivity index (χ3n) is 11.6. The second kappa shape index (κ2) is 13.6. The fourth-order valence-electron chi connectivity index (χ4n) is 7.75. The molecule has 4 saturated carbocycles. The highest BCUT2D eigenvalue weighted by molar-refractivity contribution is 5.84. The van der Waals surface area contributed by atoms with Crippen LogP contribution in [-0.2, 0) is 47.6 Å². The van der Waals surface area contributed by atoms with Gasteiger partial charge in [-0.2, -0.15) is 0 Å². The minimum Gasteiger partial charge on any atom is -0.481 e. The topological polar surface area (TPSA) is 184 Å². The molecule has 0 aromatic rings. The van der Waals surface area contributed by atoms with E-state index in [2.05, 4.69) is 0 Å². The van der Waals surface area contributed by atoms with Crippen LogP contribution in [0.25, 0.3) is 0 Å². The lowest BCUT2D eigenvalue weighted by Crippen LogP contribution is -2.67. The molecule has 0 amide bonds. The van der Waals surface area contributed by atoms with Crippen LogP contribution in [0.2, 0.25) is 0 Å². The van der Waals surface area contributed by atoms with E-state index in [0.29, 0.717) is 32.1 Å². The Hall–Kier alpha value is -2.32. The Morgan fingerprint density at radius 2 is 1.28 bits per heavy atom. The molecule has 4 bridgehead atoms. The molecule has 3 saturated heterocycles. The summed E-state index contributed by atoms with van der Waals surface area (Å²) in [4.78, 5) is 46.9. The van der Waals surface area contributed by atoms with Crippen LogP contribution in [0, 0.1) is 22.2 Å². The Morgan fingerprint density at radius 3 is 1.74 bits per heavy atom. The van der Waals surface area contributed by atoms with Crippen molar-refractivity contribution in [3.05, 3.63) is 0 Å². The quantitative estimate of drug-likeness (QED) is 0.230. The van der Waals surface area contributed by atoms with Gasteiger partial charge in [-0.15, -0.1) is 0 Å². The van der Waals surface area contributed by atoms with E-state index in [9.17, 15) is 29.4 Å². The number of carboxylic acids is 1. The monoisotopic (exact) mass is 712 g/mol. The summed E-state index contributed by atoms with van der Waals surface area (Å²) in [6.07, 6.45) is 2.24. The highest BCUT2D eigenvalue weighted by Crippen LogP contribution is 2.60. The van der Waals surface area contributed by atoms with Gasteiger partial charge in [0.2, 0.25) is 6.10 Å². The number of hydrogen-bond acceptors (Lipinski definition) is 12. The SMILES string of the molecule is CCC(C)(C)C(=O)O.CCC(C)(C)C(=O)OC12CC3CC(O)(CC(O)(C3)C1)C2.CCC(C)(C)C(=O)OC1C(=O)OC2C3OC(C)(C)OC3OC12. The molecule has 13 heteroatoms. The number of hydrogen-bond donors (Lipinski definition) is 3. The third kappa shape index (κ3) is 8.32. The summed E-state index contributed by atoms with van der Waals surface area (Å²) < 4.78 is 33.6. The number of esters is 3. The largest absolute Gasteiger partial charge is 0.481 e. The van der Waals surface area contributed by atoms with Crippen molar-refractivity contribution >= 4 is 23.9 Å². The van der Waals surface area contributed by atoms with E-state index in [4.69, 9.17) is 33.5 Å². The van der Waals surface area contributed by atoms with Gasteiger partial charge in [0.05, 0.1) is 27.4 Å². The van der Waals surface area contributed by atoms with Gasteiger partial charge in [-0.05, 0) is 99.8 Å². The van der Waals surface area contributed by atoms with Gasteiger partial charge < -0.3 is 43.7 Å². The van der Waals surface area contributed by atoms with Gasteiger partial charge in [0.1, 0.15) is 11.7 Å². The van der Waals surface area contributed by atoms with Crippen molar-refractivity contribution in [2.75, 3.05) is 0 Å². The molecule has 3 heterocycles. The molecule has 13 nitrogen and oxygen atoms in total. The van der Waals surface area contributed by atoms with E-state index < -0.39 is 87.4 Å². The van der Waals surface area contributed by atoms with Crippen LogP contribution >= 0.6 is 0 Å². The number of aliphatic carboxylic acids is 1. The molecule has 7 atom stereocenters. The number of carbonyl (C=O) groups is 4. The van der Waals surface area contributed by atoms with Crippen molar-refractivity contribution in [3.8, 4) is 0 Å². The van der Waals surface area contributed by atoms with Crippen LogP contribution in [-0.4, -0.2) is 92.5 Å². The van der Waals surface area contributed by atoms with Crippen LogP contribution in [0.5, 0.6) is 0 Å². The number of fused-ring (bicyclic) bond motifs is 3. The smallest absolute Gasteiger partial charge is 0.350 e. The molecule has 7 rings (SSSR count). The van der Waals surface area contributed by atoms with Crippen molar-refractivity contribution in [3.63, 3.8) is 0 Å². The molecule has 286 valence electrons. The summed E-state index contributed by atoms with van der Waals surface area (Å²) in [6.45, 7) is 20.0. The number of aliphatic hydroxyl groups is 2. The van der Waals surface area contributed by atoms with Crippen LogP contribution in [0.3, 0.4) is 0 Å². The maximum atomic E-state index is 12.4. The first kappa shape index (κ1) is 40.5. The molecule has 3 N–H and O–H groups in total. The standard InChI is InChI=1S/C16H26O4.C15H22O7.C6H12O2/c1-4-13(2,3)12(17)20-16-7-11-5-14(18,9-16)8-15(19,6-11)10-16;1-6-14(2,3)13(17)20-9-7-8(18-11(9)16)10-12(19-7)22-15(4,5)21-10;1-4-6(2,3)5(7)8/h11,18-19H,4-10H2,1-3H3;7-10,12H,6H2,1-5H3;4H2,1-3H3,(H,7,8). The van der Waals surface area contributed by atoms with Gasteiger partial charge >= 0.3 is 23.9 Å². The highest BCUT2D eigenvalue weighted by atomic mass is 16.9. The molecule has 7 aliphatic rings. The zero-order valence-corrected chi connectivity index (χ0v) is 31.8. The second-order valence-electron chi connectivity index (χ2n) is 17.8. The molecular formula is C37H60O13. The van der Waals surface area contributed by atoms with Gasteiger partial charge in [-0.3, -0.25) is 14.4 Å². The molecular weight excluding hydrogens is 652 g/mol. The van der Waals surface area contributed by atoms with Crippen molar-refractivity contribution in [1.29, 1.82) is 0 Å². The van der Waals surface area contributed by atoms with E-state index in [1.54, 1.807) is 41.5 Å². The molecule has 0 radical (unpaired) electrons. The summed E-state index contributed by atoms with van der Waals surface area (Å²) in [7, 11) is 0. The number of carboxylic acid groups (broad SMARTS) is 1. The lowest BCUT2D eigenvalue weighted by molar-refractivity contribution is -0.264. The first-order valence-corrected chi connectivity index (χ1v) is 18.1. The Bertz CT molecular complexity index is 1300. The van der Waals surface area contributed by atoms with Gasteiger partial charge in [0.25, 0.3) is 0 Å². The summed E-state index contributed by atoms with van der Waals surface area (Å²) >= 11 is 0. The van der Waals surface area contributed by atoms with Crippen molar-refractivity contribution in [2.24, 2.45) is 22.2 Å². The van der Waals surface area contributed by atoms with Gasteiger partial charge in [-0.1, -0.05) is 20.8 Å². The number of carbonyl (C=O) groups excluding carboxylic acids is 3. The Morgan fingerprint density at radius 1 is 0.760 bits per heavy atom. The lowest BCUT2D eigenvalue weighted by atomic mass is 9.50. The Labute approximate surface area is 296 Å². The minimum atomic E-state index is -1.07. The molecule has 50 heavy (non-hydrogen) atoms. The van der Waals surface area contributed by atoms with E-state index in [1.807, 2.05) is 34.6 Å². The van der Waals surface area contributed by atoms with Crippen LogP contribution in [0.1, 0.15) is 134 Å². The first-order valence-electron chi connectivity index (χ1n) is 18.1. The molecule has 4 aliphatic carbocycles. The van der Waals surface area contributed by atoms with E-state index in [1.165, 1.54) is 0 Å². The normalized spacial score (nSPS) is 37.7. The highest BCUT2D eigenvalue weighted by Gasteiger charge is 2.66. The average molecular weight is 713 g/mol. The van der Waals surface area contributed by atoms with Crippen molar-refractivity contribution in [1.82, 2.24) is 0 Å². The summed E-state index contributed by atoms with van der Waals surface area (Å²) in [6, 6.07) is 0. The molecule has 0 aromatic heterocycles. The van der Waals surface area contributed by atoms with E-state index >= 15 is 0 Å². The summed E-state index contributed by atoms with van der Waals surface area (Å²) in [5, 5.41) is 29.8. The van der Waals surface area contributed by atoms with E-state index in [-0.39, 0.29) is 11.9 Å². The van der Waals surface area contributed by atoms with E-state index in [0.717, 1.165) is 25.7 Å². The molecule has 7 unspecified atom stereocenters. The summed E-state index contributed by atoms with van der Waals surface area (Å²) in [5.74, 6) is -2.47. The molecule has 0 spiro atoms. The second-order valence-corrected chi connectivity index (χ2v) is 17.8. The maximum absolute atomic E-state index is 12.4. The minimum absolute atomic E-state index is 0.200. The Balaban J connectivity index is 0.000000186. The zero-order valence-electron chi connectivity index (χ0n) is 31.8. The molecule has 7 fully saturated rings. The predicted molar refractivity (Wildman–Crippen MR) is 178 cm³/mol. The summed E-state index contributed by atoms with van der Waals surface area (Å²) in [5.41, 5.74) is -4.04. The first-order chi connectivity index (χ1) is 22.7. The van der Waals surface area contributed by atoms with Crippen LogP contribution in [0.4, 0.5) is 0 Å². The fourth-order valence-corrected chi connectivity index (χ4v) is 7.75. The number of rotatable bonds is 8.